The molecule has 2 N–H and O–H groups in total. The van der Waals surface area contributed by atoms with Gasteiger partial charge in [-0.3, -0.25) is 14.4 Å². The van der Waals surface area contributed by atoms with Crippen molar-refractivity contribution in [2.45, 2.75) is 25.4 Å². The van der Waals surface area contributed by atoms with E-state index in [0.717, 1.165) is 17.8 Å². The van der Waals surface area contributed by atoms with E-state index in [1.807, 2.05) is 22.8 Å². The summed E-state index contributed by atoms with van der Waals surface area (Å²) in [6.45, 7) is 2.24. The van der Waals surface area contributed by atoms with Gasteiger partial charge in [-0.25, -0.2) is 0 Å². The van der Waals surface area contributed by atoms with Crippen molar-refractivity contribution in [3.05, 3.63) is 99.9 Å². The topological polar surface area (TPSA) is 124 Å². The fraction of sp³-hybridized carbons (Fsp3) is 0.303. The number of rotatable bonds is 9. The Kier molecular flexibility index (Phi) is 8.01. The Hall–Kier alpha value is -5.19. The van der Waals surface area contributed by atoms with E-state index < -0.39 is 5.91 Å². The fourth-order valence-corrected chi connectivity index (χ4v) is 6.24. The molecule has 2 aromatic heterocycles. The Balaban J connectivity index is 1.33. The lowest BCUT2D eigenvalue weighted by atomic mass is 9.83. The number of piperidine rings is 1. The zero-order chi connectivity index (χ0) is 30.8. The molecule has 4 aromatic rings. The van der Waals surface area contributed by atoms with Gasteiger partial charge in [0.25, 0.3) is 17.4 Å². The summed E-state index contributed by atoms with van der Waals surface area (Å²) >= 11 is 0. The average Bonchev–Trinajstić information content (AvgIpc) is 3.57. The number of hydrogen-bond donors (Lipinski definition) is 2. The standard InChI is InChI=1S/C33H34N4O7/c1-41-28-14-22(15-29(42-2)31(28)43-3)33(40)35-25-13-21(32(39)34-16-24-6-5-11-44-24)9-10-27(25)36-17-20-12-23(19-36)26-7-4-8-30(38)37(26)18-20/h4-11,13-15,20,23H,12,16-19H2,1-3H3,(H,34,39)(H,35,40)/t20-,23+/m1/s1. The van der Waals surface area contributed by atoms with Crippen LogP contribution in [0.1, 0.15) is 44.5 Å². The van der Waals surface area contributed by atoms with Gasteiger partial charge in [0.1, 0.15) is 5.76 Å². The van der Waals surface area contributed by atoms with Crippen LogP contribution in [-0.2, 0) is 13.1 Å². The molecule has 11 nitrogen and oxygen atoms in total. The fourth-order valence-electron chi connectivity index (χ4n) is 6.24. The molecule has 0 unspecified atom stereocenters. The number of hydrogen-bond acceptors (Lipinski definition) is 8. The molecule has 2 aliphatic heterocycles. The number of aromatic nitrogens is 1. The lowest BCUT2D eigenvalue weighted by molar-refractivity contribution is 0.0946. The number of furan rings is 1. The summed E-state index contributed by atoms with van der Waals surface area (Å²) < 4.78 is 23.5. The molecule has 2 amide bonds. The van der Waals surface area contributed by atoms with Crippen LogP contribution in [0.25, 0.3) is 0 Å². The number of nitrogens with zero attached hydrogens (tertiary/aromatic N) is 2. The monoisotopic (exact) mass is 598 g/mol. The van der Waals surface area contributed by atoms with Gasteiger partial charge in [-0.15, -0.1) is 0 Å². The highest BCUT2D eigenvalue weighted by Gasteiger charge is 2.35. The number of ether oxygens (including phenoxy) is 3. The molecular weight excluding hydrogens is 564 g/mol. The Morgan fingerprint density at radius 3 is 2.39 bits per heavy atom. The van der Waals surface area contributed by atoms with E-state index in [2.05, 4.69) is 15.5 Å². The first-order valence-electron chi connectivity index (χ1n) is 14.4. The minimum atomic E-state index is -0.409. The van der Waals surface area contributed by atoms with E-state index in [-0.39, 0.29) is 29.8 Å². The van der Waals surface area contributed by atoms with Crippen LogP contribution in [0.4, 0.5) is 11.4 Å². The third-order valence-electron chi connectivity index (χ3n) is 8.26. The molecule has 228 valence electrons. The van der Waals surface area contributed by atoms with Gasteiger partial charge in [0, 0.05) is 48.4 Å². The lowest BCUT2D eigenvalue weighted by Gasteiger charge is -2.44. The number of carbonyl (C=O) groups is 2. The molecule has 2 bridgehead atoms. The molecule has 44 heavy (non-hydrogen) atoms. The number of fused-ring (bicyclic) bond motifs is 4. The normalized spacial score (nSPS) is 16.9. The average molecular weight is 599 g/mol. The van der Waals surface area contributed by atoms with Gasteiger partial charge >= 0.3 is 0 Å². The minimum absolute atomic E-state index is 0.0221. The SMILES string of the molecule is COc1cc(C(=O)Nc2cc(C(=O)NCc3ccco3)ccc2N2C[C@H]3C[C@@H](C2)c2cccc(=O)n2C3)cc(OC)c1OC. The molecule has 2 atom stereocenters. The van der Waals surface area contributed by atoms with Gasteiger partial charge in [0.05, 0.1) is 45.5 Å². The number of benzene rings is 2. The van der Waals surface area contributed by atoms with E-state index >= 15 is 0 Å². The van der Waals surface area contributed by atoms with Crippen LogP contribution in [0.15, 0.2) is 76.1 Å². The number of pyridine rings is 1. The molecule has 0 radical (unpaired) electrons. The van der Waals surface area contributed by atoms with Crippen molar-refractivity contribution < 1.29 is 28.2 Å². The van der Waals surface area contributed by atoms with Crippen LogP contribution in [0.3, 0.4) is 0 Å². The first-order valence-corrected chi connectivity index (χ1v) is 14.4. The van der Waals surface area contributed by atoms with Gasteiger partial charge < -0.3 is 38.7 Å². The third kappa shape index (κ3) is 5.60. The van der Waals surface area contributed by atoms with Crippen LogP contribution in [-0.4, -0.2) is 50.8 Å². The highest BCUT2D eigenvalue weighted by molar-refractivity contribution is 6.08. The Labute approximate surface area is 254 Å². The van der Waals surface area contributed by atoms with Crippen molar-refractivity contribution in [3.63, 3.8) is 0 Å². The van der Waals surface area contributed by atoms with Crippen molar-refractivity contribution in [1.29, 1.82) is 0 Å². The minimum Gasteiger partial charge on any atom is -0.493 e. The highest BCUT2D eigenvalue weighted by atomic mass is 16.5. The number of carbonyl (C=O) groups excluding carboxylic acids is 2. The predicted octanol–water partition coefficient (Wildman–Crippen LogP) is 4.27. The molecule has 2 aliphatic rings. The number of nitrogens with one attached hydrogen (secondary N) is 2. The molecule has 1 saturated heterocycles. The summed E-state index contributed by atoms with van der Waals surface area (Å²) in [5.74, 6) is 1.41. The first kappa shape index (κ1) is 28.9. The van der Waals surface area contributed by atoms with Gasteiger partial charge in [-0.2, -0.15) is 0 Å². The van der Waals surface area contributed by atoms with Crippen molar-refractivity contribution in [1.82, 2.24) is 9.88 Å². The zero-order valence-electron chi connectivity index (χ0n) is 24.8. The first-order chi connectivity index (χ1) is 21.4. The van der Waals surface area contributed by atoms with Crippen molar-refractivity contribution >= 4 is 23.2 Å². The maximum absolute atomic E-state index is 13.7. The van der Waals surface area contributed by atoms with E-state index in [1.54, 1.807) is 48.7 Å². The molecule has 1 fully saturated rings. The van der Waals surface area contributed by atoms with Crippen LogP contribution in [0.5, 0.6) is 17.2 Å². The van der Waals surface area contributed by atoms with Crippen LogP contribution < -0.4 is 35.3 Å². The maximum Gasteiger partial charge on any atom is 0.255 e. The van der Waals surface area contributed by atoms with Crippen molar-refractivity contribution in [2.24, 2.45) is 5.92 Å². The van der Waals surface area contributed by atoms with Crippen molar-refractivity contribution in [3.8, 4) is 17.2 Å². The smallest absolute Gasteiger partial charge is 0.255 e. The third-order valence-corrected chi connectivity index (χ3v) is 8.26. The summed E-state index contributed by atoms with van der Waals surface area (Å²) in [6, 6.07) is 17.4. The molecule has 4 heterocycles. The Bertz CT molecular complexity index is 1720. The molecule has 2 aromatic carbocycles. The second-order valence-corrected chi connectivity index (χ2v) is 11.0. The van der Waals surface area contributed by atoms with Gasteiger partial charge in [-0.1, -0.05) is 6.07 Å². The summed E-state index contributed by atoms with van der Waals surface area (Å²) in [4.78, 5) is 41.6. The van der Waals surface area contributed by atoms with Gasteiger partial charge in [0.15, 0.2) is 11.5 Å². The predicted molar refractivity (Wildman–Crippen MR) is 164 cm³/mol. The van der Waals surface area contributed by atoms with Crippen LogP contribution >= 0.6 is 0 Å². The summed E-state index contributed by atoms with van der Waals surface area (Å²) in [6.07, 6.45) is 2.54. The van der Waals surface area contributed by atoms with E-state index in [4.69, 9.17) is 18.6 Å². The Morgan fingerprint density at radius 1 is 0.886 bits per heavy atom. The molecule has 0 saturated carbocycles. The highest BCUT2D eigenvalue weighted by Crippen LogP contribution is 2.41. The zero-order valence-corrected chi connectivity index (χ0v) is 24.8. The van der Waals surface area contributed by atoms with E-state index in [1.165, 1.54) is 21.3 Å². The molecule has 11 heteroatoms. The quantitative estimate of drug-likeness (QED) is 0.293. The second kappa shape index (κ2) is 12.2. The van der Waals surface area contributed by atoms with E-state index in [9.17, 15) is 14.4 Å². The number of amides is 2. The number of anilines is 2. The van der Waals surface area contributed by atoms with Crippen LogP contribution in [0.2, 0.25) is 0 Å². The Morgan fingerprint density at radius 2 is 1.68 bits per heavy atom. The molecule has 6 rings (SSSR count). The number of methoxy groups -OCH3 is 3. The van der Waals surface area contributed by atoms with E-state index in [0.29, 0.717) is 59.5 Å². The molecule has 0 spiro atoms. The van der Waals surface area contributed by atoms with Gasteiger partial charge in [0.2, 0.25) is 5.75 Å². The second-order valence-electron chi connectivity index (χ2n) is 11.0. The van der Waals surface area contributed by atoms with Gasteiger partial charge in [-0.05, 0) is 60.9 Å². The molecular formula is C33H34N4O7. The molecule has 0 aliphatic carbocycles. The lowest BCUT2D eigenvalue weighted by Crippen LogP contribution is -2.47. The largest absolute Gasteiger partial charge is 0.493 e. The maximum atomic E-state index is 13.7. The summed E-state index contributed by atoms with van der Waals surface area (Å²) in [5, 5.41) is 5.90. The van der Waals surface area contributed by atoms with Crippen molar-refractivity contribution in [2.75, 3.05) is 44.6 Å². The van der Waals surface area contributed by atoms with Crippen LogP contribution in [0, 0.1) is 5.92 Å². The summed E-state index contributed by atoms with van der Waals surface area (Å²) in [5.41, 5.74) is 3.00. The summed E-state index contributed by atoms with van der Waals surface area (Å²) in [7, 11) is 4.47.